The number of aliphatic hydroxyl groups is 1. The van der Waals surface area contributed by atoms with E-state index in [9.17, 15) is 5.11 Å². The van der Waals surface area contributed by atoms with Crippen LogP contribution in [0.25, 0.3) is 0 Å². The van der Waals surface area contributed by atoms with Crippen LogP contribution in [0.2, 0.25) is 0 Å². The Morgan fingerprint density at radius 1 is 0.759 bits per heavy atom. The predicted octanol–water partition coefficient (Wildman–Crippen LogP) is 4.46. The van der Waals surface area contributed by atoms with Crippen molar-refractivity contribution in [1.29, 1.82) is 0 Å². The number of unbranched alkanes of at least 4 members (excludes halogenated alkanes) is 3. The second-order valence-electron chi connectivity index (χ2n) is 8.03. The molecule has 0 saturated carbocycles. The first kappa shape index (κ1) is 26.8. The van der Waals surface area contributed by atoms with Gasteiger partial charge in [0.25, 0.3) is 0 Å². The average Bonchev–Trinajstić information content (AvgIpc) is 2.71. The maximum Gasteiger partial charge on any atom is 0.187 e. The fourth-order valence-electron chi connectivity index (χ4n) is 3.50. The van der Waals surface area contributed by atoms with Gasteiger partial charge in [0.15, 0.2) is 6.29 Å². The predicted molar refractivity (Wildman–Crippen MR) is 115 cm³/mol. The molecule has 0 unspecified atom stereocenters. The third-order valence-electron chi connectivity index (χ3n) is 5.26. The molecule has 1 aliphatic heterocycles. The summed E-state index contributed by atoms with van der Waals surface area (Å²) in [6.07, 6.45) is 6.01. The molecule has 1 aliphatic rings. The van der Waals surface area contributed by atoms with Gasteiger partial charge in [-0.3, -0.25) is 0 Å². The van der Waals surface area contributed by atoms with E-state index in [-0.39, 0.29) is 31.0 Å². The van der Waals surface area contributed by atoms with Crippen LogP contribution in [-0.4, -0.2) is 68.3 Å². The lowest BCUT2D eigenvalue weighted by Crippen LogP contribution is -2.62. The van der Waals surface area contributed by atoms with E-state index in [2.05, 4.69) is 34.6 Å². The highest BCUT2D eigenvalue weighted by atomic mass is 16.7. The van der Waals surface area contributed by atoms with Gasteiger partial charge in [-0.2, -0.15) is 0 Å². The lowest BCUT2D eigenvalue weighted by atomic mass is 9.98. The van der Waals surface area contributed by atoms with E-state index in [0.717, 1.165) is 51.4 Å². The Morgan fingerprint density at radius 2 is 1.28 bits per heavy atom. The van der Waals surface area contributed by atoms with Gasteiger partial charge in [-0.25, -0.2) is 0 Å². The molecular formula is C23H46O6. The molecule has 0 aromatic carbocycles. The highest BCUT2D eigenvalue weighted by Gasteiger charge is 2.48. The van der Waals surface area contributed by atoms with Crippen molar-refractivity contribution in [3.8, 4) is 0 Å². The Hall–Kier alpha value is -0.240. The van der Waals surface area contributed by atoms with Gasteiger partial charge < -0.3 is 28.8 Å². The van der Waals surface area contributed by atoms with Gasteiger partial charge in [0.05, 0.1) is 12.7 Å². The van der Waals surface area contributed by atoms with Gasteiger partial charge in [-0.15, -0.1) is 0 Å². The van der Waals surface area contributed by atoms with Crippen LogP contribution in [0.4, 0.5) is 0 Å². The van der Waals surface area contributed by atoms with Gasteiger partial charge >= 0.3 is 0 Å². The van der Waals surface area contributed by atoms with E-state index in [1.54, 1.807) is 0 Å². The zero-order valence-corrected chi connectivity index (χ0v) is 19.4. The molecule has 1 saturated heterocycles. The summed E-state index contributed by atoms with van der Waals surface area (Å²) in [5.41, 5.74) is 0. The second kappa shape index (κ2) is 16.5. The van der Waals surface area contributed by atoms with Crippen molar-refractivity contribution in [2.45, 2.75) is 123 Å². The summed E-state index contributed by atoms with van der Waals surface area (Å²) in [5.74, 6) is 0. The maximum absolute atomic E-state index is 10.0. The molecule has 0 spiro atoms. The summed E-state index contributed by atoms with van der Waals surface area (Å²) in [6.45, 7) is 12.4. The van der Waals surface area contributed by atoms with Crippen molar-refractivity contribution < 1.29 is 28.8 Å². The fraction of sp³-hybridized carbons (Fsp3) is 1.00. The van der Waals surface area contributed by atoms with Crippen molar-refractivity contribution in [2.75, 3.05) is 26.4 Å². The maximum atomic E-state index is 10.0. The van der Waals surface area contributed by atoms with E-state index < -0.39 is 12.4 Å². The highest BCUT2D eigenvalue weighted by Crippen LogP contribution is 2.30. The second-order valence-corrected chi connectivity index (χ2v) is 8.03. The molecule has 29 heavy (non-hydrogen) atoms. The normalized spacial score (nSPS) is 28.6. The van der Waals surface area contributed by atoms with Crippen LogP contribution in [0.3, 0.4) is 0 Å². The fourth-order valence-corrected chi connectivity index (χ4v) is 3.50. The van der Waals surface area contributed by atoms with Gasteiger partial charge in [-0.05, 0) is 32.6 Å². The molecule has 6 nitrogen and oxygen atoms in total. The number of hydrogen-bond donors (Lipinski definition) is 1. The standard InChI is InChI=1S/C23H46O6/c1-6-10-14-25-20-19(17-24)29-23(28-18(5)13-9-4)22(27-16-12-8-3)21(20)26-15-11-7-2/h18-24H,6-17H2,1-5H3/t18-,19-,20-,21+,22-,23-/m1/s1. The van der Waals surface area contributed by atoms with E-state index >= 15 is 0 Å². The van der Waals surface area contributed by atoms with Crippen LogP contribution < -0.4 is 0 Å². The molecule has 1 rings (SSSR count). The Labute approximate surface area is 178 Å². The van der Waals surface area contributed by atoms with Crippen LogP contribution >= 0.6 is 0 Å². The Morgan fingerprint density at radius 3 is 1.76 bits per heavy atom. The van der Waals surface area contributed by atoms with Crippen LogP contribution in [0.1, 0.15) is 86.0 Å². The molecule has 0 aromatic rings. The minimum atomic E-state index is -0.566. The molecule has 0 bridgehead atoms. The summed E-state index contributed by atoms with van der Waals surface area (Å²) in [5, 5.41) is 10.0. The average molecular weight is 419 g/mol. The molecule has 0 aliphatic carbocycles. The molecule has 0 radical (unpaired) electrons. The zero-order valence-electron chi connectivity index (χ0n) is 19.4. The Kier molecular flexibility index (Phi) is 15.2. The molecule has 0 aromatic heterocycles. The van der Waals surface area contributed by atoms with E-state index in [4.69, 9.17) is 23.7 Å². The first-order valence-electron chi connectivity index (χ1n) is 11.9. The Bertz CT molecular complexity index is 380. The molecule has 6 heteroatoms. The summed E-state index contributed by atoms with van der Waals surface area (Å²) >= 11 is 0. The van der Waals surface area contributed by atoms with E-state index in [0.29, 0.717) is 19.8 Å². The lowest BCUT2D eigenvalue weighted by molar-refractivity contribution is -0.329. The van der Waals surface area contributed by atoms with Gasteiger partial charge in [0, 0.05) is 19.8 Å². The SMILES string of the molecule is CCCCO[C@@H]1[C@@H](OCCCC)[C@H](O[C@H](C)CCC)O[C@H](CO)[C@H]1OCCCC. The highest BCUT2D eigenvalue weighted by molar-refractivity contribution is 4.93. The molecule has 1 fully saturated rings. The Balaban J connectivity index is 3.01. The molecule has 6 atom stereocenters. The molecule has 1 heterocycles. The summed E-state index contributed by atoms with van der Waals surface area (Å²) in [6, 6.07) is 0. The van der Waals surface area contributed by atoms with Crippen LogP contribution in [0, 0.1) is 0 Å². The third kappa shape index (κ3) is 9.62. The van der Waals surface area contributed by atoms with Crippen molar-refractivity contribution >= 4 is 0 Å². The van der Waals surface area contributed by atoms with Crippen molar-refractivity contribution in [3.63, 3.8) is 0 Å². The smallest absolute Gasteiger partial charge is 0.187 e. The minimum absolute atomic E-state index is 0.0514. The van der Waals surface area contributed by atoms with Gasteiger partial charge in [-0.1, -0.05) is 53.4 Å². The first-order chi connectivity index (χ1) is 14.1. The number of aliphatic hydroxyl groups excluding tert-OH is 1. The van der Waals surface area contributed by atoms with Crippen LogP contribution in [0.5, 0.6) is 0 Å². The summed E-state index contributed by atoms with van der Waals surface area (Å²) in [7, 11) is 0. The lowest BCUT2D eigenvalue weighted by Gasteiger charge is -2.46. The largest absolute Gasteiger partial charge is 0.394 e. The topological polar surface area (TPSA) is 66.4 Å². The molecule has 0 amide bonds. The molecular weight excluding hydrogens is 372 g/mol. The quantitative estimate of drug-likeness (QED) is 0.352. The van der Waals surface area contributed by atoms with Gasteiger partial charge in [0.2, 0.25) is 0 Å². The zero-order chi connectivity index (χ0) is 21.5. The van der Waals surface area contributed by atoms with Crippen LogP contribution in [-0.2, 0) is 23.7 Å². The number of ether oxygens (including phenoxy) is 5. The van der Waals surface area contributed by atoms with Crippen molar-refractivity contribution in [1.82, 2.24) is 0 Å². The minimum Gasteiger partial charge on any atom is -0.394 e. The summed E-state index contributed by atoms with van der Waals surface area (Å²) < 4.78 is 31.1. The molecule has 1 N–H and O–H groups in total. The third-order valence-corrected chi connectivity index (χ3v) is 5.26. The first-order valence-corrected chi connectivity index (χ1v) is 11.9. The van der Waals surface area contributed by atoms with Crippen LogP contribution in [0.15, 0.2) is 0 Å². The van der Waals surface area contributed by atoms with E-state index in [1.807, 2.05) is 0 Å². The van der Waals surface area contributed by atoms with E-state index in [1.165, 1.54) is 0 Å². The summed E-state index contributed by atoms with van der Waals surface area (Å²) in [4.78, 5) is 0. The number of hydrogen-bond acceptors (Lipinski definition) is 6. The monoisotopic (exact) mass is 418 g/mol. The molecule has 174 valence electrons. The van der Waals surface area contributed by atoms with Gasteiger partial charge in [0.1, 0.15) is 24.4 Å². The van der Waals surface area contributed by atoms with Crippen molar-refractivity contribution in [3.05, 3.63) is 0 Å². The number of rotatable bonds is 17. The van der Waals surface area contributed by atoms with Crippen molar-refractivity contribution in [2.24, 2.45) is 0 Å².